The van der Waals surface area contributed by atoms with E-state index in [1.54, 1.807) is 0 Å². The lowest BCUT2D eigenvalue weighted by Crippen LogP contribution is -2.06. The van der Waals surface area contributed by atoms with Crippen LogP contribution in [0.4, 0.5) is 13.2 Å². The Labute approximate surface area is 64.0 Å². The fourth-order valence-corrected chi connectivity index (χ4v) is 1.25. The van der Waals surface area contributed by atoms with Crippen molar-refractivity contribution >= 4 is 11.5 Å². The number of hydrogen-bond donors (Lipinski definition) is 0. The first-order chi connectivity index (χ1) is 4.91. The SMILES string of the molecule is Cn1sc(C(F)(F)F)cc1=O. The first-order valence-electron chi connectivity index (χ1n) is 2.66. The molecule has 1 rings (SSSR count). The molecule has 0 aliphatic heterocycles. The normalized spacial score (nSPS) is 12.0. The lowest BCUT2D eigenvalue weighted by molar-refractivity contribution is -0.134. The Kier molecular flexibility index (Phi) is 1.79. The van der Waals surface area contributed by atoms with Crippen molar-refractivity contribution in [2.24, 2.45) is 7.05 Å². The van der Waals surface area contributed by atoms with Crippen molar-refractivity contribution in [2.75, 3.05) is 0 Å². The molecule has 0 spiro atoms. The van der Waals surface area contributed by atoms with E-state index in [1.165, 1.54) is 7.05 Å². The summed E-state index contributed by atoms with van der Waals surface area (Å²) in [4.78, 5) is 9.70. The molecule has 0 radical (unpaired) electrons. The highest BCUT2D eigenvalue weighted by Gasteiger charge is 2.33. The summed E-state index contributed by atoms with van der Waals surface area (Å²) in [5.41, 5.74) is -0.623. The van der Waals surface area contributed by atoms with Gasteiger partial charge in [0, 0.05) is 13.1 Å². The number of hydrogen-bond acceptors (Lipinski definition) is 2. The van der Waals surface area contributed by atoms with Crippen LogP contribution in [0.15, 0.2) is 10.9 Å². The van der Waals surface area contributed by atoms with E-state index in [0.717, 1.165) is 3.96 Å². The van der Waals surface area contributed by atoms with Crippen molar-refractivity contribution in [3.05, 3.63) is 21.3 Å². The van der Waals surface area contributed by atoms with Crippen molar-refractivity contribution in [3.8, 4) is 0 Å². The molecule has 0 N–H and O–H groups in total. The van der Waals surface area contributed by atoms with Gasteiger partial charge in [0.05, 0.1) is 0 Å². The van der Waals surface area contributed by atoms with Crippen molar-refractivity contribution in [1.29, 1.82) is 0 Å². The largest absolute Gasteiger partial charge is 0.427 e. The Balaban J connectivity index is 3.18. The van der Waals surface area contributed by atoms with Gasteiger partial charge in [0.25, 0.3) is 5.56 Å². The van der Waals surface area contributed by atoms with Gasteiger partial charge in [-0.05, 0) is 0 Å². The van der Waals surface area contributed by atoms with Gasteiger partial charge in [-0.25, -0.2) is 0 Å². The van der Waals surface area contributed by atoms with Crippen LogP contribution in [-0.4, -0.2) is 3.96 Å². The number of halogens is 3. The zero-order chi connectivity index (χ0) is 8.65. The molecule has 0 atom stereocenters. The van der Waals surface area contributed by atoms with E-state index in [9.17, 15) is 18.0 Å². The van der Waals surface area contributed by atoms with Gasteiger partial charge in [-0.3, -0.25) is 8.75 Å². The molecule has 0 bridgehead atoms. The molecule has 2 nitrogen and oxygen atoms in total. The standard InChI is InChI=1S/C5H4F3NOS/c1-9-4(10)2-3(11-9)5(6,7)8/h2H,1H3. The second kappa shape index (κ2) is 2.37. The lowest BCUT2D eigenvalue weighted by atomic mass is 10.5. The van der Waals surface area contributed by atoms with Crippen LogP contribution >= 0.6 is 11.5 Å². The molecule has 0 aliphatic carbocycles. The van der Waals surface area contributed by atoms with E-state index in [0.29, 0.717) is 17.6 Å². The molecular weight excluding hydrogens is 179 g/mol. The van der Waals surface area contributed by atoms with Gasteiger partial charge in [-0.15, -0.1) is 0 Å². The molecule has 0 unspecified atom stereocenters. The van der Waals surface area contributed by atoms with Crippen LogP contribution in [0.3, 0.4) is 0 Å². The number of alkyl halides is 3. The molecule has 0 saturated heterocycles. The highest BCUT2D eigenvalue weighted by Crippen LogP contribution is 2.30. The van der Waals surface area contributed by atoms with Gasteiger partial charge < -0.3 is 0 Å². The number of rotatable bonds is 0. The third-order valence-electron chi connectivity index (χ3n) is 1.08. The quantitative estimate of drug-likeness (QED) is 0.596. The zero-order valence-electron chi connectivity index (χ0n) is 5.47. The summed E-state index contributed by atoms with van der Waals surface area (Å²) in [7, 11) is 1.29. The van der Waals surface area contributed by atoms with Crippen LogP contribution in [0.2, 0.25) is 0 Å². The Morgan fingerprint density at radius 2 is 2.09 bits per heavy atom. The van der Waals surface area contributed by atoms with Crippen LogP contribution in [0.25, 0.3) is 0 Å². The van der Waals surface area contributed by atoms with E-state index in [2.05, 4.69) is 0 Å². The fraction of sp³-hybridized carbons (Fsp3) is 0.400. The molecule has 1 aromatic heterocycles. The van der Waals surface area contributed by atoms with Crippen LogP contribution in [0.1, 0.15) is 4.88 Å². The summed E-state index contributed by atoms with van der Waals surface area (Å²) in [5, 5.41) is 0. The number of nitrogens with zero attached hydrogens (tertiary/aromatic N) is 1. The highest BCUT2D eigenvalue weighted by atomic mass is 32.1. The summed E-state index contributed by atoms with van der Waals surface area (Å²) >= 11 is 0.400. The summed E-state index contributed by atoms with van der Waals surface area (Å²) < 4.78 is 36.5. The second-order valence-electron chi connectivity index (χ2n) is 1.93. The monoisotopic (exact) mass is 183 g/mol. The van der Waals surface area contributed by atoms with Gasteiger partial charge in [0.2, 0.25) is 0 Å². The van der Waals surface area contributed by atoms with E-state index in [1.807, 2.05) is 0 Å². The summed E-state index contributed by atoms with van der Waals surface area (Å²) in [6.07, 6.45) is -4.40. The molecule has 0 aromatic carbocycles. The van der Waals surface area contributed by atoms with Crippen LogP contribution in [-0.2, 0) is 13.2 Å². The molecule has 62 valence electrons. The van der Waals surface area contributed by atoms with Crippen LogP contribution < -0.4 is 5.56 Å². The molecule has 0 fully saturated rings. The molecule has 1 aromatic rings. The summed E-state index contributed by atoms with van der Waals surface area (Å²) in [6, 6.07) is 0.588. The average molecular weight is 183 g/mol. The van der Waals surface area contributed by atoms with E-state index in [4.69, 9.17) is 0 Å². The van der Waals surface area contributed by atoms with Gasteiger partial charge in [-0.1, -0.05) is 11.5 Å². The molecule has 1 heterocycles. The third kappa shape index (κ3) is 1.62. The van der Waals surface area contributed by atoms with E-state index < -0.39 is 16.6 Å². The van der Waals surface area contributed by atoms with Crippen LogP contribution in [0.5, 0.6) is 0 Å². The van der Waals surface area contributed by atoms with Gasteiger partial charge in [-0.2, -0.15) is 13.2 Å². The average Bonchev–Trinajstić information content (AvgIpc) is 2.11. The molecular formula is C5H4F3NOS. The maximum Gasteiger partial charge on any atom is 0.427 e. The second-order valence-corrected chi connectivity index (χ2v) is 3.10. The summed E-state index contributed by atoms with van der Waals surface area (Å²) in [6.45, 7) is 0. The summed E-state index contributed by atoms with van der Waals surface area (Å²) in [5.74, 6) is 0. The van der Waals surface area contributed by atoms with Crippen molar-refractivity contribution in [2.45, 2.75) is 6.18 Å². The minimum Gasteiger partial charge on any atom is -0.268 e. The zero-order valence-corrected chi connectivity index (χ0v) is 6.29. The maximum absolute atomic E-state index is 11.8. The maximum atomic E-state index is 11.8. The first kappa shape index (κ1) is 8.32. The molecule has 0 aliphatic rings. The Bertz CT molecular complexity index is 310. The van der Waals surface area contributed by atoms with Crippen LogP contribution in [0, 0.1) is 0 Å². The smallest absolute Gasteiger partial charge is 0.268 e. The number of aryl methyl sites for hydroxylation is 1. The molecule has 11 heavy (non-hydrogen) atoms. The van der Waals surface area contributed by atoms with Crippen molar-refractivity contribution in [3.63, 3.8) is 0 Å². The van der Waals surface area contributed by atoms with E-state index in [-0.39, 0.29) is 0 Å². The number of aromatic nitrogens is 1. The Hall–Kier alpha value is -0.780. The fourth-order valence-electron chi connectivity index (χ4n) is 0.555. The lowest BCUT2D eigenvalue weighted by Gasteiger charge is -1.98. The van der Waals surface area contributed by atoms with Gasteiger partial charge in [0.1, 0.15) is 4.88 Å². The Morgan fingerprint density at radius 3 is 2.27 bits per heavy atom. The highest BCUT2D eigenvalue weighted by molar-refractivity contribution is 7.06. The minimum atomic E-state index is -4.40. The topological polar surface area (TPSA) is 22.0 Å². The molecule has 6 heteroatoms. The predicted octanol–water partition coefficient (Wildman–Crippen LogP) is 1.47. The first-order valence-corrected chi connectivity index (χ1v) is 3.43. The third-order valence-corrected chi connectivity index (χ3v) is 2.08. The molecule has 0 amide bonds. The van der Waals surface area contributed by atoms with E-state index >= 15 is 0 Å². The minimum absolute atomic E-state index is 0.400. The van der Waals surface area contributed by atoms with Crippen molar-refractivity contribution in [1.82, 2.24) is 3.96 Å². The van der Waals surface area contributed by atoms with Gasteiger partial charge >= 0.3 is 6.18 Å². The van der Waals surface area contributed by atoms with Crippen molar-refractivity contribution < 1.29 is 13.2 Å². The molecule has 0 saturated carbocycles. The predicted molar refractivity (Wildman–Crippen MR) is 34.6 cm³/mol. The Morgan fingerprint density at radius 1 is 1.55 bits per heavy atom. The van der Waals surface area contributed by atoms with Gasteiger partial charge in [0.15, 0.2) is 0 Å².